The van der Waals surface area contributed by atoms with E-state index in [1.54, 1.807) is 0 Å². The van der Waals surface area contributed by atoms with Gasteiger partial charge in [-0.2, -0.15) is 0 Å². The summed E-state index contributed by atoms with van der Waals surface area (Å²) in [4.78, 5) is 22.7. The lowest BCUT2D eigenvalue weighted by atomic mass is 10.1. The number of pyridine rings is 2. The highest BCUT2D eigenvalue weighted by atomic mass is 16.5. The van der Waals surface area contributed by atoms with Gasteiger partial charge in [0.05, 0.1) is 5.52 Å². The van der Waals surface area contributed by atoms with E-state index in [9.17, 15) is 4.79 Å². The van der Waals surface area contributed by atoms with Crippen molar-refractivity contribution >= 4 is 16.8 Å². The molecule has 4 rings (SSSR count). The van der Waals surface area contributed by atoms with Crippen LogP contribution in [0.2, 0.25) is 0 Å². The standard InChI is InChI=1S/C22H23N3O2/c1-2-22(26)25-11-9-19(10-12-25)27-21-8-7-17(14-24-21)18-13-16-5-3-4-6-20(16)23-15-18/h3-8,13-15,19H,2,9-12H2,1H3. The van der Waals surface area contributed by atoms with Crippen molar-refractivity contribution in [1.29, 1.82) is 0 Å². The molecule has 1 aliphatic rings. The third-order valence-corrected chi connectivity index (χ3v) is 5.04. The monoisotopic (exact) mass is 361 g/mol. The molecule has 5 heteroatoms. The number of nitrogens with zero attached hydrogens (tertiary/aromatic N) is 3. The molecule has 1 amide bonds. The van der Waals surface area contributed by atoms with E-state index in [1.807, 2.05) is 54.5 Å². The predicted molar refractivity (Wildman–Crippen MR) is 105 cm³/mol. The first-order valence-electron chi connectivity index (χ1n) is 9.48. The summed E-state index contributed by atoms with van der Waals surface area (Å²) in [6, 6.07) is 14.1. The number of carbonyl (C=O) groups excluding carboxylic acids is 1. The van der Waals surface area contributed by atoms with E-state index in [0.717, 1.165) is 48.0 Å². The van der Waals surface area contributed by atoms with Crippen LogP contribution in [0.25, 0.3) is 22.0 Å². The van der Waals surface area contributed by atoms with Crippen LogP contribution in [-0.4, -0.2) is 40.0 Å². The van der Waals surface area contributed by atoms with Gasteiger partial charge in [0.1, 0.15) is 6.10 Å². The minimum Gasteiger partial charge on any atom is -0.474 e. The molecule has 27 heavy (non-hydrogen) atoms. The predicted octanol–water partition coefficient (Wildman–Crippen LogP) is 4.08. The van der Waals surface area contributed by atoms with Gasteiger partial charge in [0, 0.05) is 67.3 Å². The van der Waals surface area contributed by atoms with Crippen LogP contribution in [-0.2, 0) is 4.79 Å². The van der Waals surface area contributed by atoms with Crippen molar-refractivity contribution in [2.24, 2.45) is 0 Å². The smallest absolute Gasteiger partial charge is 0.222 e. The van der Waals surface area contributed by atoms with Crippen LogP contribution in [0.4, 0.5) is 0 Å². The van der Waals surface area contributed by atoms with Crippen molar-refractivity contribution < 1.29 is 9.53 Å². The minimum atomic E-state index is 0.117. The fourth-order valence-corrected chi connectivity index (χ4v) is 3.47. The summed E-state index contributed by atoms with van der Waals surface area (Å²) < 4.78 is 6.01. The highest BCUT2D eigenvalue weighted by molar-refractivity contribution is 5.83. The third kappa shape index (κ3) is 3.92. The van der Waals surface area contributed by atoms with Crippen molar-refractivity contribution in [2.75, 3.05) is 13.1 Å². The summed E-state index contributed by atoms with van der Waals surface area (Å²) >= 11 is 0. The Kier molecular flexibility index (Phi) is 5.01. The van der Waals surface area contributed by atoms with Crippen LogP contribution in [0.15, 0.2) is 54.9 Å². The molecule has 0 atom stereocenters. The number of hydrogen-bond acceptors (Lipinski definition) is 4. The summed E-state index contributed by atoms with van der Waals surface area (Å²) in [5, 5.41) is 1.11. The Morgan fingerprint density at radius 3 is 2.59 bits per heavy atom. The Balaban J connectivity index is 1.41. The first kappa shape index (κ1) is 17.5. The minimum absolute atomic E-state index is 0.117. The Labute approximate surface area is 159 Å². The number of aromatic nitrogens is 2. The molecule has 1 saturated heterocycles. The van der Waals surface area contributed by atoms with E-state index in [4.69, 9.17) is 4.74 Å². The highest BCUT2D eigenvalue weighted by Crippen LogP contribution is 2.24. The maximum atomic E-state index is 11.8. The van der Waals surface area contributed by atoms with Gasteiger partial charge in [-0.05, 0) is 18.2 Å². The van der Waals surface area contributed by atoms with E-state index in [0.29, 0.717) is 12.3 Å². The first-order chi connectivity index (χ1) is 13.2. The van der Waals surface area contributed by atoms with Gasteiger partial charge in [0.25, 0.3) is 0 Å². The molecule has 0 bridgehead atoms. The molecule has 1 fully saturated rings. The van der Waals surface area contributed by atoms with Gasteiger partial charge in [-0.1, -0.05) is 25.1 Å². The molecule has 0 radical (unpaired) electrons. The van der Waals surface area contributed by atoms with Crippen molar-refractivity contribution in [3.63, 3.8) is 0 Å². The SMILES string of the molecule is CCC(=O)N1CCC(Oc2ccc(-c3cnc4ccccc4c3)cn2)CC1. The number of rotatable bonds is 4. The largest absolute Gasteiger partial charge is 0.474 e. The molecule has 0 aliphatic carbocycles. The van der Waals surface area contributed by atoms with Crippen LogP contribution in [0.5, 0.6) is 5.88 Å². The van der Waals surface area contributed by atoms with Gasteiger partial charge >= 0.3 is 0 Å². The topological polar surface area (TPSA) is 55.3 Å². The highest BCUT2D eigenvalue weighted by Gasteiger charge is 2.23. The van der Waals surface area contributed by atoms with Crippen molar-refractivity contribution in [1.82, 2.24) is 14.9 Å². The van der Waals surface area contributed by atoms with Gasteiger partial charge in [0.2, 0.25) is 11.8 Å². The summed E-state index contributed by atoms with van der Waals surface area (Å²) in [6.07, 6.45) is 6.09. The Morgan fingerprint density at radius 2 is 1.85 bits per heavy atom. The number of para-hydroxylation sites is 1. The molecular formula is C22H23N3O2. The first-order valence-corrected chi connectivity index (χ1v) is 9.48. The lowest BCUT2D eigenvalue weighted by molar-refractivity contribution is -0.132. The summed E-state index contributed by atoms with van der Waals surface area (Å²) in [7, 11) is 0. The van der Waals surface area contributed by atoms with Gasteiger partial charge in [-0.15, -0.1) is 0 Å². The summed E-state index contributed by atoms with van der Waals surface area (Å²) in [5.74, 6) is 0.854. The van der Waals surface area contributed by atoms with Gasteiger partial charge in [0.15, 0.2) is 0 Å². The molecule has 0 spiro atoms. The molecule has 138 valence electrons. The van der Waals surface area contributed by atoms with Crippen molar-refractivity contribution in [3.05, 3.63) is 54.9 Å². The Hall–Kier alpha value is -2.95. The lowest BCUT2D eigenvalue weighted by Gasteiger charge is -2.31. The summed E-state index contributed by atoms with van der Waals surface area (Å²) in [5.41, 5.74) is 3.05. The molecule has 3 aromatic rings. The molecule has 5 nitrogen and oxygen atoms in total. The zero-order chi connectivity index (χ0) is 18.6. The van der Waals surface area contributed by atoms with Crippen molar-refractivity contribution in [3.8, 4) is 17.0 Å². The second kappa shape index (κ2) is 7.74. The molecular weight excluding hydrogens is 338 g/mol. The molecule has 1 aliphatic heterocycles. The molecule has 0 unspecified atom stereocenters. The molecule has 3 heterocycles. The van der Waals surface area contributed by atoms with Crippen LogP contribution in [0, 0.1) is 0 Å². The number of likely N-dealkylation sites (tertiary alicyclic amines) is 1. The zero-order valence-electron chi connectivity index (χ0n) is 15.5. The van der Waals surface area contributed by atoms with Crippen LogP contribution < -0.4 is 4.74 Å². The number of piperidine rings is 1. The van der Waals surface area contributed by atoms with Gasteiger partial charge in [-0.3, -0.25) is 9.78 Å². The fraction of sp³-hybridized carbons (Fsp3) is 0.318. The van der Waals surface area contributed by atoms with E-state index >= 15 is 0 Å². The molecule has 2 aromatic heterocycles. The quantitative estimate of drug-likeness (QED) is 0.703. The number of benzene rings is 1. The number of carbonyl (C=O) groups is 1. The average molecular weight is 361 g/mol. The van der Waals surface area contributed by atoms with E-state index in [-0.39, 0.29) is 12.0 Å². The number of hydrogen-bond donors (Lipinski definition) is 0. The molecule has 0 saturated carbocycles. The Morgan fingerprint density at radius 1 is 1.07 bits per heavy atom. The molecule has 0 N–H and O–H groups in total. The fourth-order valence-electron chi connectivity index (χ4n) is 3.47. The lowest BCUT2D eigenvalue weighted by Crippen LogP contribution is -2.41. The van der Waals surface area contributed by atoms with E-state index in [2.05, 4.69) is 22.1 Å². The number of fused-ring (bicyclic) bond motifs is 1. The van der Waals surface area contributed by atoms with Gasteiger partial charge < -0.3 is 9.64 Å². The van der Waals surface area contributed by atoms with Crippen LogP contribution in [0.1, 0.15) is 26.2 Å². The molecule has 1 aromatic carbocycles. The second-order valence-electron chi connectivity index (χ2n) is 6.85. The van der Waals surface area contributed by atoms with Crippen LogP contribution >= 0.6 is 0 Å². The summed E-state index contributed by atoms with van der Waals surface area (Å²) in [6.45, 7) is 3.43. The van der Waals surface area contributed by atoms with Crippen LogP contribution in [0.3, 0.4) is 0 Å². The maximum absolute atomic E-state index is 11.8. The normalized spacial score (nSPS) is 15.1. The number of amides is 1. The third-order valence-electron chi connectivity index (χ3n) is 5.04. The number of ether oxygens (including phenoxy) is 1. The zero-order valence-corrected chi connectivity index (χ0v) is 15.5. The second-order valence-corrected chi connectivity index (χ2v) is 6.85. The van der Waals surface area contributed by atoms with Crippen molar-refractivity contribution in [2.45, 2.75) is 32.3 Å². The van der Waals surface area contributed by atoms with Gasteiger partial charge in [-0.25, -0.2) is 4.98 Å². The van der Waals surface area contributed by atoms with E-state index < -0.39 is 0 Å². The Bertz CT molecular complexity index is 932. The van der Waals surface area contributed by atoms with E-state index in [1.165, 1.54) is 0 Å². The maximum Gasteiger partial charge on any atom is 0.222 e. The average Bonchev–Trinajstić information content (AvgIpc) is 2.74.